The van der Waals surface area contributed by atoms with Crippen LogP contribution in [0.4, 0.5) is 0 Å². The quantitative estimate of drug-likeness (QED) is 0.121. The Morgan fingerprint density at radius 2 is 0.400 bits per heavy atom. The average Bonchev–Trinajstić information content (AvgIpc) is 1.52. The van der Waals surface area contributed by atoms with Crippen LogP contribution in [0, 0.1) is 0 Å². The zero-order valence-electron chi connectivity index (χ0n) is 83.8. The largest absolute Gasteiger partial charge is 0.309 e. The second-order valence-corrected chi connectivity index (χ2v) is 41.4. The van der Waals surface area contributed by atoms with E-state index >= 15 is 0 Å². The number of hydrogen-bond acceptors (Lipinski definition) is 6. The Morgan fingerprint density at radius 1 is 0.167 bits per heavy atom. The van der Waals surface area contributed by atoms with Crippen LogP contribution in [-0.2, 0) is 16.2 Å². The normalized spacial score (nSPS) is 13.2. The van der Waals surface area contributed by atoms with Gasteiger partial charge in [0.05, 0.1) is 55.9 Å². The SMILES string of the molecule is CC1(C)c2ccccc2-c2c1c1c(c3ccccc23)c2cc(-c3cc(-c4ccccc4)nc(-c4ccccc4)c3)ccc2n1-c1ccccc1.CC1(C)c2ccccc2-c2c1c1c(c3ccccc23)c2cc(-c3nc(-c4ccccc4)cc(-c4ccccc4)n3)ccc2n1-c1ccccc1.CC1(C)c2ccccc2-c2c1c1c(c3ccccc23)c2cc(-c3nc(-c4ccccc4)nc(-c4ccccc4)n3)ccc2n1-c1ccccc1. The van der Waals surface area contributed by atoms with Gasteiger partial charge in [0.1, 0.15) is 0 Å². The lowest BCUT2D eigenvalue weighted by atomic mass is 9.80. The highest BCUT2D eigenvalue weighted by Gasteiger charge is 2.45. The minimum absolute atomic E-state index is 0.182. The van der Waals surface area contributed by atoms with Gasteiger partial charge in [0, 0.05) is 110 Å². The molecular formula is C141H99N9. The van der Waals surface area contributed by atoms with Crippen molar-refractivity contribution in [3.63, 3.8) is 0 Å². The zero-order valence-corrected chi connectivity index (χ0v) is 83.8. The summed E-state index contributed by atoms with van der Waals surface area (Å²) in [5.41, 5.74) is 40.8. The highest BCUT2D eigenvalue weighted by molar-refractivity contribution is 6.31. The second-order valence-electron chi connectivity index (χ2n) is 41.4. The molecule has 0 atom stereocenters. The maximum absolute atomic E-state index is 5.20. The van der Waals surface area contributed by atoms with Crippen molar-refractivity contribution in [2.75, 3.05) is 0 Å². The van der Waals surface area contributed by atoms with Gasteiger partial charge in [-0.1, -0.05) is 430 Å². The molecule has 0 unspecified atom stereocenters. The monoisotopic (exact) mass is 1920 g/mol. The summed E-state index contributed by atoms with van der Waals surface area (Å²) in [7, 11) is 0. The van der Waals surface area contributed by atoms with Crippen molar-refractivity contribution in [3.8, 4) is 152 Å². The number of aromatic nitrogens is 9. The fraction of sp³-hybridized carbons (Fsp3) is 0.0638. The highest BCUT2D eigenvalue weighted by Crippen LogP contribution is 2.61. The van der Waals surface area contributed by atoms with Crippen LogP contribution in [0.25, 0.3) is 250 Å². The van der Waals surface area contributed by atoms with E-state index in [0.717, 1.165) is 89.7 Å². The van der Waals surface area contributed by atoms with Gasteiger partial charge in [0.25, 0.3) is 0 Å². The number of para-hydroxylation sites is 3. The summed E-state index contributed by atoms with van der Waals surface area (Å²) in [6, 6.07) is 176. The number of rotatable bonds is 12. The minimum Gasteiger partial charge on any atom is -0.309 e. The molecular weight excluding hydrogens is 1820 g/mol. The maximum Gasteiger partial charge on any atom is 0.164 e. The van der Waals surface area contributed by atoms with Crippen LogP contribution >= 0.6 is 0 Å². The van der Waals surface area contributed by atoms with Gasteiger partial charge in [-0.25, -0.2) is 29.9 Å². The van der Waals surface area contributed by atoms with E-state index < -0.39 is 0 Å². The molecule has 0 spiro atoms. The second kappa shape index (κ2) is 35.2. The minimum atomic E-state index is -0.207. The van der Waals surface area contributed by atoms with Gasteiger partial charge < -0.3 is 13.7 Å². The van der Waals surface area contributed by atoms with Crippen molar-refractivity contribution in [3.05, 3.63) is 525 Å². The maximum atomic E-state index is 5.20. The summed E-state index contributed by atoms with van der Waals surface area (Å²) in [5, 5.41) is 15.1. The summed E-state index contributed by atoms with van der Waals surface area (Å²) in [6.07, 6.45) is 0. The molecule has 0 bridgehead atoms. The van der Waals surface area contributed by atoms with E-state index in [0.29, 0.717) is 23.3 Å². The molecule has 708 valence electrons. The smallest absolute Gasteiger partial charge is 0.164 e. The molecule has 0 saturated carbocycles. The standard InChI is InChI=1S/C48H34N2.C47H33N3.C46H32N4/c1-48(2)40-25-15-14-24-38(40)44-36-22-12-13-23-37(36)45-39-28-33(26-27-43(39)50(47(45)46(44)48)35-20-10-5-11-21-35)34-29-41(31-16-6-3-7-17-31)49-42(30-34)32-18-8-4-9-19-32;1-47(2)38-25-15-14-24-36(38)42-34-22-12-13-23-35(34)43-37-28-32(26-27-41(37)50(45(43)44(42)47)33-20-10-5-11-21-33)46-48-39(30-16-6-3-7-17-30)29-40(49-46)31-18-8-4-9-19-31;1-46(2)37-25-15-14-24-35(37)39-33-22-12-13-23-34(33)40-36-28-31(26-27-38(36)50(42(40)41(39)46)32-20-10-5-11-21-32)45-48-43(29-16-6-3-7-17-29)47-44(49-45)30-18-8-4-9-19-30/h3-30H,1-2H3;3-29H,1-2H3;3-28H,1-2H3. The van der Waals surface area contributed by atoms with E-state index in [2.05, 4.69) is 498 Å². The Morgan fingerprint density at radius 3 is 0.707 bits per heavy atom. The van der Waals surface area contributed by atoms with Crippen molar-refractivity contribution < 1.29 is 0 Å². The third kappa shape index (κ3) is 14.2. The Balaban J connectivity index is 0.000000108. The van der Waals surface area contributed by atoms with E-state index in [9.17, 15) is 0 Å². The fourth-order valence-corrected chi connectivity index (χ4v) is 25.0. The first kappa shape index (κ1) is 88.7. The fourth-order valence-electron chi connectivity index (χ4n) is 25.0. The van der Waals surface area contributed by atoms with Crippen molar-refractivity contribution >= 4 is 97.7 Å². The molecule has 0 amide bonds. The van der Waals surface area contributed by atoms with Gasteiger partial charge in [-0.3, -0.25) is 0 Å². The van der Waals surface area contributed by atoms with Crippen LogP contribution in [0.2, 0.25) is 0 Å². The van der Waals surface area contributed by atoms with Gasteiger partial charge in [-0.05, 0) is 213 Å². The summed E-state index contributed by atoms with van der Waals surface area (Å²) >= 11 is 0. The Bertz CT molecular complexity index is 9030. The Hall–Kier alpha value is -19.0. The first-order chi connectivity index (χ1) is 73.7. The number of benzene rings is 21. The van der Waals surface area contributed by atoms with E-state index in [-0.39, 0.29) is 16.2 Å². The predicted octanol–water partition coefficient (Wildman–Crippen LogP) is 36.1. The molecule has 3 aliphatic rings. The molecule has 21 aromatic carbocycles. The van der Waals surface area contributed by atoms with E-state index in [1.165, 1.54) is 170 Å². The van der Waals surface area contributed by atoms with Gasteiger partial charge in [-0.2, -0.15) is 0 Å². The third-order valence-electron chi connectivity index (χ3n) is 31.7. The molecule has 9 nitrogen and oxygen atoms in total. The molecule has 9 heteroatoms. The lowest BCUT2D eigenvalue weighted by molar-refractivity contribution is 0.664. The van der Waals surface area contributed by atoms with Crippen LogP contribution in [0.15, 0.2) is 491 Å². The van der Waals surface area contributed by atoms with Gasteiger partial charge in [0.15, 0.2) is 23.3 Å². The molecule has 150 heavy (non-hydrogen) atoms. The zero-order chi connectivity index (χ0) is 100. The number of pyridine rings is 1. The Kier molecular flexibility index (Phi) is 20.8. The van der Waals surface area contributed by atoms with Gasteiger partial charge in [0.2, 0.25) is 0 Å². The molecule has 6 aromatic heterocycles. The van der Waals surface area contributed by atoms with Crippen LogP contribution < -0.4 is 0 Å². The van der Waals surface area contributed by atoms with Gasteiger partial charge >= 0.3 is 0 Å². The molecule has 0 radical (unpaired) electrons. The van der Waals surface area contributed by atoms with Crippen LogP contribution in [0.1, 0.15) is 74.9 Å². The van der Waals surface area contributed by atoms with Crippen LogP contribution in [0.5, 0.6) is 0 Å². The molecule has 0 fully saturated rings. The lowest BCUT2D eigenvalue weighted by Gasteiger charge is -2.24. The third-order valence-corrected chi connectivity index (χ3v) is 31.7. The Labute approximate surface area is 869 Å². The van der Waals surface area contributed by atoms with Crippen LogP contribution in [0.3, 0.4) is 0 Å². The topological polar surface area (TPSA) is 92.1 Å². The van der Waals surface area contributed by atoms with Crippen LogP contribution in [-0.4, -0.2) is 43.6 Å². The van der Waals surface area contributed by atoms with Crippen molar-refractivity contribution in [2.24, 2.45) is 0 Å². The molecule has 0 saturated heterocycles. The molecule has 27 aromatic rings. The van der Waals surface area contributed by atoms with E-state index in [4.69, 9.17) is 29.9 Å². The van der Waals surface area contributed by atoms with Crippen molar-refractivity contribution in [1.29, 1.82) is 0 Å². The average molecular weight is 1920 g/mol. The number of hydrogen-bond donors (Lipinski definition) is 0. The molecule has 3 aliphatic carbocycles. The van der Waals surface area contributed by atoms with Crippen molar-refractivity contribution in [2.45, 2.75) is 57.8 Å². The molecule has 0 aliphatic heterocycles. The van der Waals surface area contributed by atoms with Gasteiger partial charge in [-0.15, -0.1) is 0 Å². The number of nitrogens with zero attached hydrogens (tertiary/aromatic N) is 9. The van der Waals surface area contributed by atoms with Crippen molar-refractivity contribution in [1.82, 2.24) is 43.6 Å². The predicted molar refractivity (Wildman–Crippen MR) is 623 cm³/mol. The molecule has 6 heterocycles. The summed E-state index contributed by atoms with van der Waals surface area (Å²) < 4.78 is 7.49. The summed E-state index contributed by atoms with van der Waals surface area (Å²) in [6.45, 7) is 14.3. The summed E-state index contributed by atoms with van der Waals surface area (Å²) in [4.78, 5) is 30.7. The number of fused-ring (bicyclic) bond motifs is 30. The first-order valence-electron chi connectivity index (χ1n) is 51.8. The molecule has 0 N–H and O–H groups in total. The summed E-state index contributed by atoms with van der Waals surface area (Å²) in [5.74, 6) is 2.68. The lowest BCUT2D eigenvalue weighted by Crippen LogP contribution is -2.16. The highest BCUT2D eigenvalue weighted by atomic mass is 15.0. The molecule has 30 rings (SSSR count). The van der Waals surface area contributed by atoms with E-state index in [1.807, 2.05) is 48.5 Å². The van der Waals surface area contributed by atoms with E-state index in [1.54, 1.807) is 0 Å². The first-order valence-corrected chi connectivity index (χ1v) is 51.8.